The molecule has 0 bridgehead atoms. The molecule has 0 aliphatic carbocycles. The van der Waals surface area contributed by atoms with Crippen LogP contribution in [-0.2, 0) is 4.74 Å². The van der Waals surface area contributed by atoms with Crippen molar-refractivity contribution in [3.63, 3.8) is 0 Å². The largest absolute Gasteiger partial charge is 0.502 e. The Balaban J connectivity index is 2.91. The fourth-order valence-corrected chi connectivity index (χ4v) is 2.06. The van der Waals surface area contributed by atoms with Gasteiger partial charge in [-0.15, -0.1) is 0 Å². The quantitative estimate of drug-likeness (QED) is 0.296. The second kappa shape index (κ2) is 13.6. The van der Waals surface area contributed by atoms with Gasteiger partial charge in [-0.25, -0.2) is 0 Å². The first-order valence-electron chi connectivity index (χ1n) is 7.50. The maximum Gasteiger partial charge on any atom is 0.0873 e. The van der Waals surface area contributed by atoms with E-state index in [9.17, 15) is 0 Å². The SMILES string of the molecule is C=COCCCCCCCCCCCC(C)C. The first-order valence-corrected chi connectivity index (χ1v) is 7.50. The highest BCUT2D eigenvalue weighted by atomic mass is 16.5. The number of unbranched alkanes of at least 4 members (excludes halogenated alkanes) is 8. The molecule has 0 spiro atoms. The van der Waals surface area contributed by atoms with E-state index >= 15 is 0 Å². The van der Waals surface area contributed by atoms with Gasteiger partial charge in [0.25, 0.3) is 0 Å². The minimum atomic E-state index is 0.846. The topological polar surface area (TPSA) is 9.23 Å². The maximum atomic E-state index is 5.09. The Bertz CT molecular complexity index is 152. The molecule has 0 aliphatic heterocycles. The summed E-state index contributed by atoms with van der Waals surface area (Å²) < 4.78 is 5.09. The van der Waals surface area contributed by atoms with Gasteiger partial charge in [-0.3, -0.25) is 0 Å². The minimum Gasteiger partial charge on any atom is -0.502 e. The van der Waals surface area contributed by atoms with Crippen molar-refractivity contribution >= 4 is 0 Å². The van der Waals surface area contributed by atoms with Crippen LogP contribution in [0.3, 0.4) is 0 Å². The lowest BCUT2D eigenvalue weighted by molar-refractivity contribution is 0.241. The maximum absolute atomic E-state index is 5.09. The van der Waals surface area contributed by atoms with Crippen molar-refractivity contribution in [2.45, 2.75) is 78.1 Å². The second-order valence-corrected chi connectivity index (χ2v) is 5.40. The summed E-state index contributed by atoms with van der Waals surface area (Å²) in [6.07, 6.45) is 15.4. The average Bonchev–Trinajstić information content (AvgIpc) is 2.30. The first kappa shape index (κ1) is 16.5. The predicted molar refractivity (Wildman–Crippen MR) is 77.2 cm³/mol. The molecule has 0 rings (SSSR count). The van der Waals surface area contributed by atoms with Gasteiger partial charge in [0.1, 0.15) is 0 Å². The van der Waals surface area contributed by atoms with Gasteiger partial charge >= 0.3 is 0 Å². The summed E-state index contributed by atoms with van der Waals surface area (Å²) >= 11 is 0. The van der Waals surface area contributed by atoms with Gasteiger partial charge < -0.3 is 4.74 Å². The Morgan fingerprint density at radius 2 is 1.29 bits per heavy atom. The summed E-state index contributed by atoms with van der Waals surface area (Å²) in [4.78, 5) is 0. The summed E-state index contributed by atoms with van der Waals surface area (Å²) in [5, 5.41) is 0. The van der Waals surface area contributed by atoms with E-state index in [4.69, 9.17) is 4.74 Å². The molecule has 0 heterocycles. The lowest BCUT2D eigenvalue weighted by Crippen LogP contribution is -1.88. The molecule has 0 aromatic heterocycles. The summed E-state index contributed by atoms with van der Waals surface area (Å²) in [6, 6.07) is 0. The lowest BCUT2D eigenvalue weighted by Gasteiger charge is -2.04. The van der Waals surface area contributed by atoms with Crippen molar-refractivity contribution in [1.29, 1.82) is 0 Å². The van der Waals surface area contributed by atoms with Crippen LogP contribution in [0.5, 0.6) is 0 Å². The molecule has 0 aromatic rings. The summed E-state index contributed by atoms with van der Waals surface area (Å²) in [5.41, 5.74) is 0. The standard InChI is InChI=1S/C16H32O/c1-4-17-15-13-11-9-7-5-6-8-10-12-14-16(2)3/h4,16H,1,5-15H2,2-3H3. The highest BCUT2D eigenvalue weighted by Crippen LogP contribution is 2.12. The third-order valence-corrected chi connectivity index (χ3v) is 3.16. The molecule has 0 atom stereocenters. The fourth-order valence-electron chi connectivity index (χ4n) is 2.06. The summed E-state index contributed by atoms with van der Waals surface area (Å²) in [6.45, 7) is 9.01. The van der Waals surface area contributed by atoms with Gasteiger partial charge in [0.2, 0.25) is 0 Å². The van der Waals surface area contributed by atoms with Gasteiger partial charge in [0.15, 0.2) is 0 Å². The van der Waals surface area contributed by atoms with E-state index in [2.05, 4.69) is 20.4 Å². The highest BCUT2D eigenvalue weighted by Gasteiger charge is 1.95. The van der Waals surface area contributed by atoms with Crippen molar-refractivity contribution in [1.82, 2.24) is 0 Å². The molecule has 1 heteroatoms. The Morgan fingerprint density at radius 1 is 0.824 bits per heavy atom. The van der Waals surface area contributed by atoms with E-state index in [1.165, 1.54) is 70.5 Å². The molecule has 0 unspecified atom stereocenters. The molecule has 0 aromatic carbocycles. The number of ether oxygens (including phenoxy) is 1. The fraction of sp³-hybridized carbons (Fsp3) is 0.875. The molecular weight excluding hydrogens is 208 g/mol. The minimum absolute atomic E-state index is 0.846. The van der Waals surface area contributed by atoms with E-state index in [-0.39, 0.29) is 0 Å². The number of hydrogen-bond donors (Lipinski definition) is 0. The molecule has 0 amide bonds. The van der Waals surface area contributed by atoms with Crippen LogP contribution in [0.1, 0.15) is 78.1 Å². The van der Waals surface area contributed by atoms with Crippen LogP contribution in [0.15, 0.2) is 12.8 Å². The lowest BCUT2D eigenvalue weighted by atomic mass is 10.0. The zero-order valence-electron chi connectivity index (χ0n) is 12.0. The monoisotopic (exact) mass is 240 g/mol. The normalized spacial score (nSPS) is 10.8. The van der Waals surface area contributed by atoms with Crippen molar-refractivity contribution in [2.75, 3.05) is 6.61 Å². The molecule has 0 N–H and O–H groups in total. The zero-order chi connectivity index (χ0) is 12.8. The van der Waals surface area contributed by atoms with E-state index in [1.54, 1.807) is 0 Å². The zero-order valence-corrected chi connectivity index (χ0v) is 12.0. The van der Waals surface area contributed by atoms with Crippen LogP contribution >= 0.6 is 0 Å². The van der Waals surface area contributed by atoms with Crippen molar-refractivity contribution in [3.8, 4) is 0 Å². The highest BCUT2D eigenvalue weighted by molar-refractivity contribution is 4.51. The summed E-state index contributed by atoms with van der Waals surface area (Å²) in [7, 11) is 0. The third-order valence-electron chi connectivity index (χ3n) is 3.16. The number of rotatable bonds is 13. The second-order valence-electron chi connectivity index (χ2n) is 5.40. The van der Waals surface area contributed by atoms with Gasteiger partial charge in [-0.2, -0.15) is 0 Å². The third kappa shape index (κ3) is 15.5. The van der Waals surface area contributed by atoms with Crippen LogP contribution in [-0.4, -0.2) is 6.61 Å². The molecule has 0 saturated heterocycles. The van der Waals surface area contributed by atoms with Gasteiger partial charge in [0, 0.05) is 0 Å². The Hall–Kier alpha value is -0.460. The van der Waals surface area contributed by atoms with E-state index in [1.807, 2.05) is 0 Å². The molecule has 0 radical (unpaired) electrons. The van der Waals surface area contributed by atoms with Crippen molar-refractivity contribution < 1.29 is 4.74 Å². The van der Waals surface area contributed by atoms with Crippen LogP contribution in [0.25, 0.3) is 0 Å². The van der Waals surface area contributed by atoms with Gasteiger partial charge in [0.05, 0.1) is 12.9 Å². The Kier molecular flexibility index (Phi) is 13.2. The van der Waals surface area contributed by atoms with Crippen LogP contribution < -0.4 is 0 Å². The molecule has 17 heavy (non-hydrogen) atoms. The van der Waals surface area contributed by atoms with E-state index in [0.29, 0.717) is 0 Å². The van der Waals surface area contributed by atoms with Crippen molar-refractivity contribution in [3.05, 3.63) is 12.8 Å². The van der Waals surface area contributed by atoms with E-state index < -0.39 is 0 Å². The molecular formula is C16H32O. The van der Waals surface area contributed by atoms with Crippen LogP contribution in [0.2, 0.25) is 0 Å². The summed E-state index contributed by atoms with van der Waals surface area (Å²) in [5.74, 6) is 0.882. The Morgan fingerprint density at radius 3 is 1.76 bits per heavy atom. The predicted octanol–water partition coefficient (Wildman–Crippen LogP) is 5.70. The Labute approximate surface area is 109 Å². The van der Waals surface area contributed by atoms with Crippen LogP contribution in [0, 0.1) is 5.92 Å². The smallest absolute Gasteiger partial charge is 0.0873 e. The average molecular weight is 240 g/mol. The molecule has 0 fully saturated rings. The van der Waals surface area contributed by atoms with Gasteiger partial charge in [-0.1, -0.05) is 78.2 Å². The van der Waals surface area contributed by atoms with Crippen LogP contribution in [0.4, 0.5) is 0 Å². The van der Waals surface area contributed by atoms with E-state index in [0.717, 1.165) is 12.5 Å². The van der Waals surface area contributed by atoms with Gasteiger partial charge in [-0.05, 0) is 12.3 Å². The molecule has 102 valence electrons. The number of hydrogen-bond acceptors (Lipinski definition) is 1. The molecule has 0 saturated carbocycles. The molecule has 0 aliphatic rings. The van der Waals surface area contributed by atoms with Crippen molar-refractivity contribution in [2.24, 2.45) is 5.92 Å². The first-order chi connectivity index (χ1) is 8.27. The molecule has 1 nitrogen and oxygen atoms in total.